The van der Waals surface area contributed by atoms with Gasteiger partial charge in [0.05, 0.1) is 24.7 Å². The van der Waals surface area contributed by atoms with Gasteiger partial charge in [0.25, 0.3) is 0 Å². The average molecular weight is 396 g/mol. The van der Waals surface area contributed by atoms with Crippen molar-refractivity contribution in [1.29, 1.82) is 0 Å². The summed E-state index contributed by atoms with van der Waals surface area (Å²) in [6, 6.07) is 2.71. The number of hydrogen-bond acceptors (Lipinski definition) is 8. The van der Waals surface area contributed by atoms with Crippen LogP contribution in [0.2, 0.25) is 6.32 Å². The smallest absolute Gasteiger partial charge is 0.522 e. The second-order valence-corrected chi connectivity index (χ2v) is 8.72. The Labute approximate surface area is 163 Å². The first-order valence-corrected chi connectivity index (χ1v) is 9.32. The number of hydrogen-bond donors (Lipinski definition) is 5. The lowest BCUT2D eigenvalue weighted by molar-refractivity contribution is -0.142. The van der Waals surface area contributed by atoms with Crippen molar-refractivity contribution < 1.29 is 29.4 Å². The van der Waals surface area contributed by atoms with Gasteiger partial charge in [0.15, 0.2) is 6.29 Å². The van der Waals surface area contributed by atoms with E-state index in [0.717, 1.165) is 5.56 Å². The predicted octanol–water partition coefficient (Wildman–Crippen LogP) is -0.290. The minimum Gasteiger partial charge on any atom is -0.535 e. The van der Waals surface area contributed by atoms with Crippen LogP contribution in [0.3, 0.4) is 0 Å². The fourth-order valence-electron chi connectivity index (χ4n) is 3.15. The van der Waals surface area contributed by atoms with E-state index in [1.54, 1.807) is 30.9 Å². The molecule has 5 N–H and O–H groups in total. The lowest BCUT2D eigenvalue weighted by Gasteiger charge is -2.42. The van der Waals surface area contributed by atoms with Gasteiger partial charge in [0.2, 0.25) is 5.91 Å². The first-order valence-electron chi connectivity index (χ1n) is 8.88. The van der Waals surface area contributed by atoms with Crippen molar-refractivity contribution in [3.8, 4) is 11.5 Å². The molecular formula is C17H25BN2O6S. The molecule has 1 aromatic carbocycles. The van der Waals surface area contributed by atoms with Gasteiger partial charge in [0, 0.05) is 4.75 Å². The number of aliphatic hydroxyl groups excluding tert-OH is 1. The van der Waals surface area contributed by atoms with Crippen molar-refractivity contribution in [3.05, 3.63) is 23.3 Å². The van der Waals surface area contributed by atoms with Gasteiger partial charge in [-0.3, -0.25) is 4.79 Å². The number of carbonyl (C=O) groups is 1. The Hall–Kier alpha value is -1.46. The first-order chi connectivity index (χ1) is 12.6. The van der Waals surface area contributed by atoms with E-state index in [-0.39, 0.29) is 29.1 Å². The normalized spacial score (nSPS) is 18.7. The number of aryl methyl sites for hydroxylation is 1. The fourth-order valence-corrected chi connectivity index (χ4v) is 3.27. The summed E-state index contributed by atoms with van der Waals surface area (Å²) in [6.45, 7) is 4.25. The Morgan fingerprint density at radius 1 is 1.44 bits per heavy atom. The summed E-state index contributed by atoms with van der Waals surface area (Å²) in [5.41, 5.74) is 6.81. The highest BCUT2D eigenvalue weighted by molar-refractivity contribution is 7.81. The van der Waals surface area contributed by atoms with Crippen molar-refractivity contribution >= 4 is 25.7 Å². The van der Waals surface area contributed by atoms with Gasteiger partial charge < -0.3 is 35.3 Å². The van der Waals surface area contributed by atoms with Crippen LogP contribution in [0.1, 0.15) is 31.3 Å². The van der Waals surface area contributed by atoms with Gasteiger partial charge in [-0.15, -0.1) is 0 Å². The summed E-state index contributed by atoms with van der Waals surface area (Å²) < 4.78 is 10.6. The van der Waals surface area contributed by atoms with Crippen LogP contribution in [0.4, 0.5) is 0 Å². The molecule has 1 saturated heterocycles. The maximum absolute atomic E-state index is 12.3. The molecule has 0 unspecified atom stereocenters. The second-order valence-electron chi connectivity index (χ2n) is 7.56. The Morgan fingerprint density at radius 2 is 2.11 bits per heavy atom. The summed E-state index contributed by atoms with van der Waals surface area (Å²) in [5.74, 6) is 0.301. The summed E-state index contributed by atoms with van der Waals surface area (Å²) in [5, 5.41) is 29.3. The third-order valence-electron chi connectivity index (χ3n) is 4.89. The number of carbonyl (C=O) groups excluding carboxylic acids is 1. The number of amides is 1. The number of ether oxygens (including phenoxy) is 1. The Bertz CT molecular complexity index is 720. The van der Waals surface area contributed by atoms with Crippen LogP contribution in [0.15, 0.2) is 12.1 Å². The number of nitrogens with two attached hydrogens (primary N) is 1. The molecule has 1 amide bonds. The van der Waals surface area contributed by atoms with Crippen molar-refractivity contribution in [2.75, 3.05) is 13.1 Å². The van der Waals surface area contributed by atoms with Crippen LogP contribution in [-0.2, 0) is 11.2 Å². The molecule has 1 aromatic rings. The van der Waals surface area contributed by atoms with Gasteiger partial charge in [-0.05, 0) is 38.2 Å². The van der Waals surface area contributed by atoms with E-state index in [4.69, 9.17) is 15.1 Å². The summed E-state index contributed by atoms with van der Waals surface area (Å²) >= 11 is 4.34. The number of likely N-dealkylation sites (tertiary alicyclic amines) is 1. The fraction of sp³-hybridized carbons (Fsp3) is 0.588. The highest BCUT2D eigenvalue weighted by atomic mass is 32.1. The lowest BCUT2D eigenvalue weighted by Crippen LogP contribution is -2.62. The SMILES string of the molecule is CC(C)(S)[C@@H](N)C(=O)N1CC(Oc2ccc3c(c2C(O)O)OB(O)CC3)C1. The molecule has 0 aliphatic carbocycles. The second kappa shape index (κ2) is 7.52. The molecule has 0 radical (unpaired) electrons. The number of benzene rings is 1. The van der Waals surface area contributed by atoms with Crippen LogP contribution in [0, 0.1) is 0 Å². The maximum atomic E-state index is 12.3. The van der Waals surface area contributed by atoms with E-state index in [9.17, 15) is 20.0 Å². The topological polar surface area (TPSA) is 125 Å². The molecule has 0 saturated carbocycles. The van der Waals surface area contributed by atoms with Crippen molar-refractivity contribution in [3.63, 3.8) is 0 Å². The van der Waals surface area contributed by atoms with Gasteiger partial charge in [-0.1, -0.05) is 6.07 Å². The molecule has 8 nitrogen and oxygen atoms in total. The van der Waals surface area contributed by atoms with E-state index < -0.39 is 24.2 Å². The Morgan fingerprint density at radius 3 is 2.70 bits per heavy atom. The zero-order valence-corrected chi connectivity index (χ0v) is 16.2. The van der Waals surface area contributed by atoms with Gasteiger partial charge in [0.1, 0.15) is 17.6 Å². The van der Waals surface area contributed by atoms with Crippen LogP contribution < -0.4 is 15.1 Å². The van der Waals surface area contributed by atoms with Crippen LogP contribution in [-0.4, -0.2) is 63.1 Å². The molecule has 3 rings (SSSR count). The molecule has 148 valence electrons. The molecule has 1 atom stereocenters. The number of rotatable bonds is 5. The number of fused-ring (bicyclic) bond motifs is 1. The van der Waals surface area contributed by atoms with Gasteiger partial charge >= 0.3 is 7.12 Å². The highest BCUT2D eigenvalue weighted by Gasteiger charge is 2.39. The molecule has 2 heterocycles. The van der Waals surface area contributed by atoms with E-state index >= 15 is 0 Å². The molecule has 2 aliphatic rings. The monoisotopic (exact) mass is 396 g/mol. The Kier molecular flexibility index (Phi) is 5.65. The molecule has 0 spiro atoms. The zero-order valence-electron chi connectivity index (χ0n) is 15.3. The molecule has 1 fully saturated rings. The summed E-state index contributed by atoms with van der Waals surface area (Å²) in [4.78, 5) is 13.9. The molecule has 10 heteroatoms. The first kappa shape index (κ1) is 20.3. The van der Waals surface area contributed by atoms with E-state index in [2.05, 4.69) is 12.6 Å². The standard InChI is InChI=1S/C17H25BN2O6S/c1-17(2,27)14(19)15(21)20-7-10(8-20)25-11-4-3-9-5-6-18(24)26-13(9)12(11)16(22)23/h3-4,10,14,16,22-24,27H,5-8,19H2,1-2H3/t14-/m0/s1. The predicted molar refractivity (Wildman–Crippen MR) is 103 cm³/mol. The van der Waals surface area contributed by atoms with Gasteiger partial charge in [-0.2, -0.15) is 12.6 Å². The molecular weight excluding hydrogens is 371 g/mol. The average Bonchev–Trinajstić information content (AvgIpc) is 2.54. The molecule has 0 bridgehead atoms. The van der Waals surface area contributed by atoms with E-state index in [0.29, 0.717) is 25.8 Å². The molecule has 27 heavy (non-hydrogen) atoms. The molecule has 0 aromatic heterocycles. The van der Waals surface area contributed by atoms with Crippen molar-refractivity contribution in [2.45, 2.75) is 49.8 Å². The zero-order chi connectivity index (χ0) is 19.9. The highest BCUT2D eigenvalue weighted by Crippen LogP contribution is 2.40. The number of nitrogens with zero attached hydrogens (tertiary/aromatic N) is 1. The van der Waals surface area contributed by atoms with E-state index in [1.807, 2.05) is 0 Å². The van der Waals surface area contributed by atoms with Crippen molar-refractivity contribution in [1.82, 2.24) is 4.90 Å². The largest absolute Gasteiger partial charge is 0.535 e. The lowest BCUT2D eigenvalue weighted by atomic mass is 9.78. The van der Waals surface area contributed by atoms with Crippen LogP contribution in [0.5, 0.6) is 11.5 Å². The summed E-state index contributed by atoms with van der Waals surface area (Å²) in [6.07, 6.45) is -1.10. The third kappa shape index (κ3) is 4.19. The quantitative estimate of drug-likeness (QED) is 0.263. The molecule has 2 aliphatic heterocycles. The minimum absolute atomic E-state index is 0.0872. The number of aliphatic hydroxyl groups is 2. The maximum Gasteiger partial charge on any atom is 0.522 e. The summed E-state index contributed by atoms with van der Waals surface area (Å²) in [7, 11) is -0.992. The third-order valence-corrected chi connectivity index (χ3v) is 5.17. The minimum atomic E-state index is -1.81. The number of thiol groups is 1. The van der Waals surface area contributed by atoms with E-state index in [1.165, 1.54) is 0 Å². The van der Waals surface area contributed by atoms with Gasteiger partial charge in [-0.25, -0.2) is 0 Å². The van der Waals surface area contributed by atoms with Crippen molar-refractivity contribution in [2.24, 2.45) is 5.73 Å². The Balaban J connectivity index is 1.69. The van der Waals surface area contributed by atoms with Crippen LogP contribution >= 0.6 is 12.6 Å². The van der Waals surface area contributed by atoms with Crippen LogP contribution in [0.25, 0.3) is 0 Å².